The van der Waals surface area contributed by atoms with Gasteiger partial charge in [-0.05, 0) is 39.7 Å². The highest BCUT2D eigenvalue weighted by Crippen LogP contribution is 2.18. The van der Waals surface area contributed by atoms with Crippen molar-refractivity contribution in [3.8, 4) is 0 Å². The molecule has 1 fully saturated rings. The third-order valence-electron chi connectivity index (χ3n) is 4.32. The molecule has 10 heteroatoms. The Morgan fingerprint density at radius 1 is 1.37 bits per heavy atom. The van der Waals surface area contributed by atoms with Crippen molar-refractivity contribution >= 4 is 18.0 Å². The SMILES string of the molecule is Cn1nccc1CNc1n[nH]c(NC2CCN(C(=O)OC(C)(C)C)CC2)n1. The van der Waals surface area contributed by atoms with Crippen LogP contribution in [-0.2, 0) is 18.3 Å². The second kappa shape index (κ2) is 7.85. The summed E-state index contributed by atoms with van der Waals surface area (Å²) in [5, 5.41) is 17.7. The molecule has 0 bridgehead atoms. The van der Waals surface area contributed by atoms with Crippen LogP contribution in [0.1, 0.15) is 39.3 Å². The minimum absolute atomic E-state index is 0.238. The van der Waals surface area contributed by atoms with Gasteiger partial charge in [-0.1, -0.05) is 0 Å². The number of amides is 1. The summed E-state index contributed by atoms with van der Waals surface area (Å²) in [5.74, 6) is 1.16. The lowest BCUT2D eigenvalue weighted by Crippen LogP contribution is -2.44. The van der Waals surface area contributed by atoms with Crippen LogP contribution in [0.15, 0.2) is 12.3 Å². The number of hydrogen-bond acceptors (Lipinski definition) is 7. The number of ether oxygens (including phenoxy) is 1. The first kappa shape index (κ1) is 19.0. The number of aromatic nitrogens is 5. The van der Waals surface area contributed by atoms with Gasteiger partial charge in [-0.15, -0.1) is 5.10 Å². The topological polar surface area (TPSA) is 113 Å². The Labute approximate surface area is 158 Å². The monoisotopic (exact) mass is 376 g/mol. The maximum Gasteiger partial charge on any atom is 0.410 e. The van der Waals surface area contributed by atoms with Crippen molar-refractivity contribution in [1.82, 2.24) is 29.9 Å². The molecule has 3 heterocycles. The number of piperidine rings is 1. The van der Waals surface area contributed by atoms with Crippen LogP contribution in [-0.4, -0.2) is 60.7 Å². The highest BCUT2D eigenvalue weighted by molar-refractivity contribution is 5.68. The summed E-state index contributed by atoms with van der Waals surface area (Å²) in [5.41, 5.74) is 0.578. The third-order valence-corrected chi connectivity index (χ3v) is 4.32. The standard InChI is InChI=1S/C17H28N8O2/c1-17(2,3)27-16(26)25-9-6-12(7-10-25)20-15-21-14(22-23-15)18-11-13-5-8-19-24(13)4/h5,8,12H,6-7,9-11H2,1-4H3,(H3,18,20,21,22,23). The molecule has 3 N–H and O–H groups in total. The number of aryl methyl sites for hydroxylation is 1. The van der Waals surface area contributed by atoms with E-state index in [0.717, 1.165) is 18.5 Å². The molecule has 1 saturated heterocycles. The molecule has 0 aromatic carbocycles. The molecule has 1 amide bonds. The van der Waals surface area contributed by atoms with Crippen LogP contribution in [0.5, 0.6) is 0 Å². The van der Waals surface area contributed by atoms with E-state index in [-0.39, 0.29) is 12.1 Å². The van der Waals surface area contributed by atoms with Crippen molar-refractivity contribution in [2.45, 2.75) is 51.8 Å². The summed E-state index contributed by atoms with van der Waals surface area (Å²) >= 11 is 0. The van der Waals surface area contributed by atoms with Crippen LogP contribution >= 0.6 is 0 Å². The maximum absolute atomic E-state index is 12.1. The summed E-state index contributed by atoms with van der Waals surface area (Å²) in [6, 6.07) is 2.18. The molecule has 148 valence electrons. The summed E-state index contributed by atoms with van der Waals surface area (Å²) < 4.78 is 7.23. The van der Waals surface area contributed by atoms with Gasteiger partial charge in [0.2, 0.25) is 11.9 Å². The lowest BCUT2D eigenvalue weighted by atomic mass is 10.1. The smallest absolute Gasteiger partial charge is 0.410 e. The molecular weight excluding hydrogens is 348 g/mol. The molecule has 0 spiro atoms. The number of H-pyrrole nitrogens is 1. The number of rotatable bonds is 5. The van der Waals surface area contributed by atoms with Crippen LogP contribution in [0.25, 0.3) is 0 Å². The van der Waals surface area contributed by atoms with Crippen molar-refractivity contribution in [3.63, 3.8) is 0 Å². The van der Waals surface area contributed by atoms with Crippen LogP contribution in [0, 0.1) is 0 Å². The Morgan fingerprint density at radius 2 is 2.11 bits per heavy atom. The molecule has 0 unspecified atom stereocenters. The Kier molecular flexibility index (Phi) is 5.52. The zero-order chi connectivity index (χ0) is 19.4. The maximum atomic E-state index is 12.1. The van der Waals surface area contributed by atoms with Crippen LogP contribution < -0.4 is 10.6 Å². The third kappa shape index (κ3) is 5.35. The molecule has 0 atom stereocenters. The fourth-order valence-corrected chi connectivity index (χ4v) is 2.88. The van der Waals surface area contributed by atoms with Gasteiger partial charge in [0.05, 0.1) is 12.2 Å². The normalized spacial score (nSPS) is 15.6. The zero-order valence-electron chi connectivity index (χ0n) is 16.3. The number of hydrogen-bond donors (Lipinski definition) is 3. The number of likely N-dealkylation sites (tertiary alicyclic amines) is 1. The van der Waals surface area contributed by atoms with Gasteiger partial charge in [0.25, 0.3) is 0 Å². The highest BCUT2D eigenvalue weighted by atomic mass is 16.6. The second-order valence-corrected chi connectivity index (χ2v) is 7.69. The Hall–Kier alpha value is -2.78. The molecule has 0 aliphatic carbocycles. The van der Waals surface area contributed by atoms with Gasteiger partial charge in [0.1, 0.15) is 5.60 Å². The second-order valence-electron chi connectivity index (χ2n) is 7.69. The van der Waals surface area contributed by atoms with E-state index in [9.17, 15) is 4.79 Å². The lowest BCUT2D eigenvalue weighted by Gasteiger charge is -2.33. The first-order chi connectivity index (χ1) is 12.8. The summed E-state index contributed by atoms with van der Waals surface area (Å²) in [4.78, 5) is 18.3. The first-order valence-corrected chi connectivity index (χ1v) is 9.18. The molecule has 0 radical (unpaired) electrons. The summed E-state index contributed by atoms with van der Waals surface area (Å²) in [7, 11) is 1.89. The molecule has 1 aliphatic heterocycles. The van der Waals surface area contributed by atoms with E-state index in [1.165, 1.54) is 0 Å². The van der Waals surface area contributed by atoms with Gasteiger partial charge < -0.3 is 20.3 Å². The lowest BCUT2D eigenvalue weighted by molar-refractivity contribution is 0.0210. The van der Waals surface area contributed by atoms with Gasteiger partial charge in [-0.25, -0.2) is 9.89 Å². The minimum atomic E-state index is -0.467. The molecule has 0 saturated carbocycles. The Morgan fingerprint density at radius 3 is 2.74 bits per heavy atom. The van der Waals surface area contributed by atoms with Gasteiger partial charge >= 0.3 is 6.09 Å². The van der Waals surface area contributed by atoms with Gasteiger partial charge in [-0.3, -0.25) is 4.68 Å². The average molecular weight is 376 g/mol. The van der Waals surface area contributed by atoms with E-state index in [1.807, 2.05) is 33.9 Å². The number of carbonyl (C=O) groups excluding carboxylic acids is 1. The Balaban J connectivity index is 1.43. The average Bonchev–Trinajstić information content (AvgIpc) is 3.21. The minimum Gasteiger partial charge on any atom is -0.444 e. The van der Waals surface area contributed by atoms with Crippen LogP contribution in [0.4, 0.5) is 16.7 Å². The number of carbonyl (C=O) groups is 1. The largest absolute Gasteiger partial charge is 0.444 e. The van der Waals surface area contributed by atoms with Crippen molar-refractivity contribution in [1.29, 1.82) is 0 Å². The van der Waals surface area contributed by atoms with Gasteiger partial charge in [0, 0.05) is 32.4 Å². The quantitative estimate of drug-likeness (QED) is 0.731. The van der Waals surface area contributed by atoms with Crippen molar-refractivity contribution in [2.75, 3.05) is 23.7 Å². The molecule has 10 nitrogen and oxygen atoms in total. The van der Waals surface area contributed by atoms with Crippen molar-refractivity contribution in [3.05, 3.63) is 18.0 Å². The fourth-order valence-electron chi connectivity index (χ4n) is 2.88. The Bertz CT molecular complexity index is 755. The van der Waals surface area contributed by atoms with E-state index in [1.54, 1.807) is 15.8 Å². The number of nitrogens with zero attached hydrogens (tertiary/aromatic N) is 5. The highest BCUT2D eigenvalue weighted by Gasteiger charge is 2.27. The van der Waals surface area contributed by atoms with Crippen molar-refractivity contribution < 1.29 is 9.53 Å². The molecule has 3 rings (SSSR count). The number of anilines is 2. The molecule has 27 heavy (non-hydrogen) atoms. The summed E-state index contributed by atoms with van der Waals surface area (Å²) in [6.45, 7) is 7.55. The predicted molar refractivity (Wildman–Crippen MR) is 101 cm³/mol. The fraction of sp³-hybridized carbons (Fsp3) is 0.647. The van der Waals surface area contributed by atoms with E-state index in [0.29, 0.717) is 31.5 Å². The van der Waals surface area contributed by atoms with Gasteiger partial charge in [-0.2, -0.15) is 10.1 Å². The van der Waals surface area contributed by atoms with Crippen LogP contribution in [0.2, 0.25) is 0 Å². The van der Waals surface area contributed by atoms with E-state index < -0.39 is 5.60 Å². The number of aromatic amines is 1. The van der Waals surface area contributed by atoms with Crippen molar-refractivity contribution in [2.24, 2.45) is 7.05 Å². The van der Waals surface area contributed by atoms with E-state index in [4.69, 9.17) is 4.74 Å². The van der Waals surface area contributed by atoms with E-state index in [2.05, 4.69) is 30.9 Å². The zero-order valence-corrected chi connectivity index (χ0v) is 16.3. The number of nitrogens with one attached hydrogen (secondary N) is 3. The predicted octanol–water partition coefficient (Wildman–Crippen LogP) is 1.96. The molecule has 2 aromatic heterocycles. The van der Waals surface area contributed by atoms with Gasteiger partial charge in [0.15, 0.2) is 0 Å². The molecule has 2 aromatic rings. The van der Waals surface area contributed by atoms with Crippen LogP contribution in [0.3, 0.4) is 0 Å². The summed E-state index contributed by atoms with van der Waals surface area (Å²) in [6.07, 6.45) is 3.17. The van der Waals surface area contributed by atoms with E-state index >= 15 is 0 Å². The molecular formula is C17H28N8O2. The molecule has 1 aliphatic rings. The first-order valence-electron chi connectivity index (χ1n) is 9.18.